The van der Waals surface area contributed by atoms with E-state index in [2.05, 4.69) is 10.1 Å². The summed E-state index contributed by atoms with van der Waals surface area (Å²) in [6.07, 6.45) is 3.08. The molecule has 1 aromatic heterocycles. The van der Waals surface area contributed by atoms with Crippen LogP contribution >= 0.6 is 0 Å². The van der Waals surface area contributed by atoms with Gasteiger partial charge >= 0.3 is 0 Å². The van der Waals surface area contributed by atoms with Crippen LogP contribution in [-0.4, -0.2) is 11.2 Å². The first-order chi connectivity index (χ1) is 8.19. The van der Waals surface area contributed by atoms with Crippen LogP contribution in [0, 0.1) is 12.9 Å². The van der Waals surface area contributed by atoms with E-state index in [4.69, 9.17) is 5.84 Å². The Hall–Kier alpha value is -2.23. The number of aromatic nitrogens is 1. The number of hydrogen-bond acceptors (Lipinski definition) is 3. The van der Waals surface area contributed by atoms with E-state index >= 15 is 0 Å². The number of nitrogens with two attached hydrogens (primary N) is 1. The number of hydrogen-bond donors (Lipinski definition) is 1. The van der Waals surface area contributed by atoms with Gasteiger partial charge in [-0.1, -0.05) is 12.1 Å². The van der Waals surface area contributed by atoms with Gasteiger partial charge in [0.05, 0.1) is 6.21 Å². The van der Waals surface area contributed by atoms with Gasteiger partial charge in [-0.2, -0.15) is 9.49 Å². The van der Waals surface area contributed by atoms with Gasteiger partial charge in [0.15, 0.2) is 0 Å². The fraction of sp³-hybridized carbons (Fsp3) is 0.0769. The fourth-order valence-corrected chi connectivity index (χ4v) is 1.69. The standard InChI is InChI=1S/C13H12FN3/c1-9-4-10(7-17-15)6-12(5-9)11-2-3-13(14)16-8-11/h2-8H,15H2,1H3. The number of aryl methyl sites for hydroxylation is 1. The summed E-state index contributed by atoms with van der Waals surface area (Å²) in [5, 5.41) is 3.50. The van der Waals surface area contributed by atoms with Gasteiger partial charge in [0, 0.05) is 11.8 Å². The molecule has 0 aliphatic carbocycles. The molecule has 17 heavy (non-hydrogen) atoms. The Morgan fingerprint density at radius 3 is 2.71 bits per heavy atom. The number of rotatable bonds is 2. The predicted molar refractivity (Wildman–Crippen MR) is 66.1 cm³/mol. The van der Waals surface area contributed by atoms with Crippen LogP contribution in [0.2, 0.25) is 0 Å². The smallest absolute Gasteiger partial charge is 0.212 e. The molecule has 0 aliphatic heterocycles. The molecule has 0 saturated heterocycles. The summed E-state index contributed by atoms with van der Waals surface area (Å²) >= 11 is 0. The van der Waals surface area contributed by atoms with Gasteiger partial charge in [-0.3, -0.25) is 0 Å². The normalized spacial score (nSPS) is 10.9. The highest BCUT2D eigenvalue weighted by Crippen LogP contribution is 2.21. The van der Waals surface area contributed by atoms with Crippen LogP contribution in [0.15, 0.2) is 41.6 Å². The van der Waals surface area contributed by atoms with Crippen LogP contribution < -0.4 is 5.84 Å². The molecular formula is C13H12FN3. The third-order valence-electron chi connectivity index (χ3n) is 2.38. The maximum absolute atomic E-state index is 12.7. The third kappa shape index (κ3) is 2.66. The summed E-state index contributed by atoms with van der Waals surface area (Å²) in [5.74, 6) is 4.65. The van der Waals surface area contributed by atoms with Crippen molar-refractivity contribution in [1.82, 2.24) is 4.98 Å². The van der Waals surface area contributed by atoms with Crippen molar-refractivity contribution in [2.24, 2.45) is 10.9 Å². The maximum Gasteiger partial charge on any atom is 0.212 e. The lowest BCUT2D eigenvalue weighted by Crippen LogP contribution is -1.90. The number of pyridine rings is 1. The summed E-state index contributed by atoms with van der Waals surface area (Å²) in [5.41, 5.74) is 3.82. The number of benzene rings is 1. The average molecular weight is 229 g/mol. The molecule has 0 saturated carbocycles. The van der Waals surface area contributed by atoms with Crippen LogP contribution in [0.4, 0.5) is 4.39 Å². The van der Waals surface area contributed by atoms with E-state index in [1.165, 1.54) is 12.3 Å². The molecule has 2 aromatic rings. The molecule has 86 valence electrons. The molecule has 0 radical (unpaired) electrons. The molecule has 0 unspecified atom stereocenters. The minimum Gasteiger partial charge on any atom is -0.323 e. The van der Waals surface area contributed by atoms with Crippen molar-refractivity contribution < 1.29 is 4.39 Å². The van der Waals surface area contributed by atoms with Crippen LogP contribution in [0.1, 0.15) is 11.1 Å². The Morgan fingerprint density at radius 1 is 1.24 bits per heavy atom. The molecule has 3 nitrogen and oxygen atoms in total. The Kier molecular flexibility index (Phi) is 3.14. The topological polar surface area (TPSA) is 51.3 Å². The van der Waals surface area contributed by atoms with Gasteiger partial charge in [0.25, 0.3) is 0 Å². The molecule has 1 aromatic carbocycles. The van der Waals surface area contributed by atoms with Crippen molar-refractivity contribution >= 4 is 6.21 Å². The monoisotopic (exact) mass is 229 g/mol. The maximum atomic E-state index is 12.7. The van der Waals surface area contributed by atoms with Crippen molar-refractivity contribution in [3.05, 3.63) is 53.6 Å². The molecule has 0 spiro atoms. The van der Waals surface area contributed by atoms with Crippen LogP contribution in [0.5, 0.6) is 0 Å². The summed E-state index contributed by atoms with van der Waals surface area (Å²) in [6.45, 7) is 1.98. The van der Waals surface area contributed by atoms with Crippen LogP contribution in [0.3, 0.4) is 0 Å². The number of hydrazone groups is 1. The van der Waals surface area contributed by atoms with Crippen LogP contribution in [-0.2, 0) is 0 Å². The lowest BCUT2D eigenvalue weighted by molar-refractivity contribution is 0.584. The Bertz CT molecular complexity index is 547. The molecule has 1 heterocycles. The molecule has 4 heteroatoms. The fourth-order valence-electron chi connectivity index (χ4n) is 1.69. The second-order valence-electron chi connectivity index (χ2n) is 3.78. The zero-order valence-electron chi connectivity index (χ0n) is 9.39. The van der Waals surface area contributed by atoms with Crippen molar-refractivity contribution in [1.29, 1.82) is 0 Å². The molecule has 0 amide bonds. The molecule has 0 atom stereocenters. The molecule has 0 fully saturated rings. The average Bonchev–Trinajstić information content (AvgIpc) is 2.29. The van der Waals surface area contributed by atoms with E-state index in [1.807, 2.05) is 25.1 Å². The van der Waals surface area contributed by atoms with Crippen molar-refractivity contribution in [3.63, 3.8) is 0 Å². The lowest BCUT2D eigenvalue weighted by atomic mass is 10.0. The highest BCUT2D eigenvalue weighted by atomic mass is 19.1. The first kappa shape index (κ1) is 11.3. The Morgan fingerprint density at radius 2 is 2.06 bits per heavy atom. The first-order valence-corrected chi connectivity index (χ1v) is 5.16. The molecule has 2 rings (SSSR count). The van der Waals surface area contributed by atoms with Gasteiger partial charge in [-0.05, 0) is 41.8 Å². The van der Waals surface area contributed by atoms with E-state index in [9.17, 15) is 4.39 Å². The van der Waals surface area contributed by atoms with E-state index in [0.717, 1.165) is 22.3 Å². The predicted octanol–water partition coefficient (Wildman–Crippen LogP) is 2.49. The number of halogens is 1. The van der Waals surface area contributed by atoms with Gasteiger partial charge in [0.1, 0.15) is 0 Å². The number of nitrogens with zero attached hydrogens (tertiary/aromatic N) is 2. The highest BCUT2D eigenvalue weighted by Gasteiger charge is 2.01. The molecular weight excluding hydrogens is 217 g/mol. The quantitative estimate of drug-likeness (QED) is 0.372. The summed E-state index contributed by atoms with van der Waals surface area (Å²) in [6, 6.07) is 8.94. The van der Waals surface area contributed by atoms with Crippen LogP contribution in [0.25, 0.3) is 11.1 Å². The second kappa shape index (κ2) is 4.74. The van der Waals surface area contributed by atoms with E-state index in [0.29, 0.717) is 0 Å². The Labute approximate surface area is 98.8 Å². The zero-order chi connectivity index (χ0) is 12.3. The molecule has 2 N–H and O–H groups in total. The zero-order valence-corrected chi connectivity index (χ0v) is 9.39. The minimum absolute atomic E-state index is 0.481. The third-order valence-corrected chi connectivity index (χ3v) is 2.38. The summed E-state index contributed by atoms with van der Waals surface area (Å²) in [7, 11) is 0. The van der Waals surface area contributed by atoms with Gasteiger partial charge < -0.3 is 5.84 Å². The van der Waals surface area contributed by atoms with E-state index in [1.54, 1.807) is 12.3 Å². The minimum atomic E-state index is -0.481. The lowest BCUT2D eigenvalue weighted by Gasteiger charge is -2.04. The van der Waals surface area contributed by atoms with Crippen molar-refractivity contribution in [2.75, 3.05) is 0 Å². The van der Waals surface area contributed by atoms with Crippen molar-refractivity contribution in [3.8, 4) is 11.1 Å². The largest absolute Gasteiger partial charge is 0.323 e. The highest BCUT2D eigenvalue weighted by molar-refractivity contribution is 5.82. The second-order valence-corrected chi connectivity index (χ2v) is 3.78. The van der Waals surface area contributed by atoms with E-state index < -0.39 is 5.95 Å². The molecule has 0 bridgehead atoms. The van der Waals surface area contributed by atoms with E-state index in [-0.39, 0.29) is 0 Å². The summed E-state index contributed by atoms with van der Waals surface area (Å²) < 4.78 is 12.7. The van der Waals surface area contributed by atoms with Gasteiger partial charge in [-0.25, -0.2) is 4.98 Å². The van der Waals surface area contributed by atoms with Crippen molar-refractivity contribution in [2.45, 2.75) is 6.92 Å². The van der Waals surface area contributed by atoms with Gasteiger partial charge in [-0.15, -0.1) is 0 Å². The SMILES string of the molecule is Cc1cc(C=NN)cc(-c2ccc(F)nc2)c1. The Balaban J connectivity index is 2.47. The molecule has 0 aliphatic rings. The van der Waals surface area contributed by atoms with Gasteiger partial charge in [0.2, 0.25) is 5.95 Å². The summed E-state index contributed by atoms with van der Waals surface area (Å²) in [4.78, 5) is 3.64. The first-order valence-electron chi connectivity index (χ1n) is 5.16.